The summed E-state index contributed by atoms with van der Waals surface area (Å²) in [7, 11) is 0. The zero-order chi connectivity index (χ0) is 13.3. The molecule has 1 N–H and O–H groups in total. The van der Waals surface area contributed by atoms with Gasteiger partial charge in [0, 0.05) is 13.1 Å². The highest BCUT2D eigenvalue weighted by atomic mass is 35.5. The van der Waals surface area contributed by atoms with Gasteiger partial charge in [0.05, 0.1) is 10.6 Å². The molecule has 18 heavy (non-hydrogen) atoms. The van der Waals surface area contributed by atoms with Crippen LogP contribution in [0.15, 0.2) is 18.2 Å². The van der Waals surface area contributed by atoms with E-state index in [4.69, 9.17) is 11.6 Å². The van der Waals surface area contributed by atoms with E-state index in [0.717, 1.165) is 0 Å². The number of hydrogen-bond acceptors (Lipinski definition) is 2. The van der Waals surface area contributed by atoms with Gasteiger partial charge in [0.1, 0.15) is 11.9 Å². The molecule has 1 fully saturated rings. The fourth-order valence-corrected chi connectivity index (χ4v) is 2.09. The number of benzene rings is 1. The number of carbonyl (C=O) groups excluding carboxylic acids is 2. The van der Waals surface area contributed by atoms with Crippen LogP contribution in [0.5, 0.6) is 0 Å². The number of amides is 2. The van der Waals surface area contributed by atoms with Gasteiger partial charge in [-0.3, -0.25) is 9.59 Å². The van der Waals surface area contributed by atoms with Gasteiger partial charge in [-0.05, 0) is 19.1 Å². The van der Waals surface area contributed by atoms with Crippen molar-refractivity contribution in [1.82, 2.24) is 10.2 Å². The second-order valence-electron chi connectivity index (χ2n) is 4.07. The Morgan fingerprint density at radius 3 is 3.00 bits per heavy atom. The topological polar surface area (TPSA) is 49.4 Å². The van der Waals surface area contributed by atoms with Crippen molar-refractivity contribution >= 4 is 23.4 Å². The molecule has 1 aromatic rings. The van der Waals surface area contributed by atoms with E-state index in [-0.39, 0.29) is 16.5 Å². The quantitative estimate of drug-likeness (QED) is 0.839. The lowest BCUT2D eigenvalue weighted by molar-refractivity contribution is -0.127. The summed E-state index contributed by atoms with van der Waals surface area (Å²) in [5.74, 6) is -1.29. The molecule has 0 saturated carbocycles. The standard InChI is InChI=1S/C12H12ClFN2O2/c1-7-11(17)15-5-6-16(7)12(18)8-3-2-4-9(14)10(8)13/h2-4,7H,5-6H2,1H3,(H,15,17). The number of nitrogens with one attached hydrogen (secondary N) is 1. The maximum atomic E-state index is 13.3. The van der Waals surface area contributed by atoms with Crippen LogP contribution >= 0.6 is 11.6 Å². The molecule has 6 heteroatoms. The first kappa shape index (κ1) is 12.8. The average Bonchev–Trinajstić information content (AvgIpc) is 2.35. The number of carbonyl (C=O) groups is 2. The van der Waals surface area contributed by atoms with Crippen molar-refractivity contribution in [3.63, 3.8) is 0 Å². The molecule has 4 nitrogen and oxygen atoms in total. The number of piperazine rings is 1. The highest BCUT2D eigenvalue weighted by molar-refractivity contribution is 6.34. The summed E-state index contributed by atoms with van der Waals surface area (Å²) in [5, 5.41) is 2.45. The van der Waals surface area contributed by atoms with E-state index in [9.17, 15) is 14.0 Å². The second kappa shape index (κ2) is 4.94. The van der Waals surface area contributed by atoms with Crippen LogP contribution in [0.25, 0.3) is 0 Å². The first-order valence-electron chi connectivity index (χ1n) is 5.55. The summed E-state index contributed by atoms with van der Waals surface area (Å²) in [6, 6.07) is 3.48. The molecule has 1 aliphatic rings. The molecular formula is C12H12ClFN2O2. The summed E-state index contributed by atoms with van der Waals surface area (Å²) in [4.78, 5) is 25.1. The van der Waals surface area contributed by atoms with Gasteiger partial charge in [-0.25, -0.2) is 4.39 Å². The fraction of sp³-hybridized carbons (Fsp3) is 0.333. The summed E-state index contributed by atoms with van der Waals surface area (Å²) in [6.45, 7) is 2.40. The van der Waals surface area contributed by atoms with Gasteiger partial charge in [0.25, 0.3) is 5.91 Å². The van der Waals surface area contributed by atoms with E-state index in [1.54, 1.807) is 6.92 Å². The lowest BCUT2D eigenvalue weighted by Gasteiger charge is -2.33. The van der Waals surface area contributed by atoms with E-state index in [1.165, 1.54) is 23.1 Å². The molecule has 1 aliphatic heterocycles. The van der Waals surface area contributed by atoms with Gasteiger partial charge < -0.3 is 10.2 Å². The molecule has 2 amide bonds. The Labute approximate surface area is 109 Å². The first-order chi connectivity index (χ1) is 8.52. The lowest BCUT2D eigenvalue weighted by Crippen LogP contribution is -2.55. The Balaban J connectivity index is 2.31. The molecule has 1 saturated heterocycles. The van der Waals surface area contributed by atoms with Crippen molar-refractivity contribution in [3.8, 4) is 0 Å². The molecule has 0 spiro atoms. The Morgan fingerprint density at radius 2 is 2.28 bits per heavy atom. The third kappa shape index (κ3) is 2.18. The van der Waals surface area contributed by atoms with Crippen LogP contribution in [0.4, 0.5) is 4.39 Å². The zero-order valence-corrected chi connectivity index (χ0v) is 10.5. The molecule has 0 bridgehead atoms. The number of hydrogen-bond donors (Lipinski definition) is 1. The molecule has 1 unspecified atom stereocenters. The molecule has 1 atom stereocenters. The average molecular weight is 271 g/mol. The van der Waals surface area contributed by atoms with Crippen LogP contribution in [-0.4, -0.2) is 35.8 Å². The summed E-state index contributed by atoms with van der Waals surface area (Å²) >= 11 is 5.77. The minimum atomic E-state index is -0.642. The Kier molecular flexibility index (Phi) is 3.52. The van der Waals surface area contributed by atoms with E-state index in [1.807, 2.05) is 0 Å². The van der Waals surface area contributed by atoms with E-state index in [2.05, 4.69) is 5.32 Å². The normalized spacial score (nSPS) is 19.6. The maximum absolute atomic E-state index is 13.3. The van der Waals surface area contributed by atoms with Crippen LogP contribution in [0, 0.1) is 5.82 Å². The van der Waals surface area contributed by atoms with E-state index in [0.29, 0.717) is 13.1 Å². The molecule has 0 aliphatic carbocycles. The van der Waals surface area contributed by atoms with Crippen molar-refractivity contribution in [2.45, 2.75) is 13.0 Å². The summed E-state index contributed by atoms with van der Waals surface area (Å²) in [5.41, 5.74) is 0.0817. The van der Waals surface area contributed by atoms with Crippen LogP contribution in [0.3, 0.4) is 0 Å². The van der Waals surface area contributed by atoms with Crippen LogP contribution < -0.4 is 5.32 Å². The molecule has 96 valence electrons. The minimum Gasteiger partial charge on any atom is -0.353 e. The molecule has 0 radical (unpaired) electrons. The van der Waals surface area contributed by atoms with Gasteiger partial charge in [-0.2, -0.15) is 0 Å². The third-order valence-corrected chi connectivity index (χ3v) is 3.33. The molecular weight excluding hydrogens is 259 g/mol. The first-order valence-corrected chi connectivity index (χ1v) is 5.93. The Morgan fingerprint density at radius 1 is 1.56 bits per heavy atom. The van der Waals surface area contributed by atoms with Crippen molar-refractivity contribution in [2.75, 3.05) is 13.1 Å². The number of rotatable bonds is 1. The number of nitrogens with zero attached hydrogens (tertiary/aromatic N) is 1. The molecule has 1 heterocycles. The van der Waals surface area contributed by atoms with Crippen molar-refractivity contribution in [2.24, 2.45) is 0 Å². The Bertz CT molecular complexity index is 507. The second-order valence-corrected chi connectivity index (χ2v) is 4.44. The van der Waals surface area contributed by atoms with Crippen LogP contribution in [0.1, 0.15) is 17.3 Å². The maximum Gasteiger partial charge on any atom is 0.256 e. The minimum absolute atomic E-state index is 0.0817. The third-order valence-electron chi connectivity index (χ3n) is 2.94. The van der Waals surface area contributed by atoms with Gasteiger partial charge in [0.15, 0.2) is 0 Å². The van der Waals surface area contributed by atoms with Crippen molar-refractivity contribution in [1.29, 1.82) is 0 Å². The molecule has 0 aromatic heterocycles. The zero-order valence-electron chi connectivity index (χ0n) is 9.74. The van der Waals surface area contributed by atoms with Crippen molar-refractivity contribution < 1.29 is 14.0 Å². The van der Waals surface area contributed by atoms with Gasteiger partial charge in [0.2, 0.25) is 5.91 Å². The molecule has 2 rings (SSSR count). The highest BCUT2D eigenvalue weighted by Gasteiger charge is 2.31. The van der Waals surface area contributed by atoms with Gasteiger partial charge >= 0.3 is 0 Å². The highest BCUT2D eigenvalue weighted by Crippen LogP contribution is 2.22. The predicted molar refractivity (Wildman–Crippen MR) is 64.9 cm³/mol. The van der Waals surface area contributed by atoms with Gasteiger partial charge in [-0.1, -0.05) is 17.7 Å². The van der Waals surface area contributed by atoms with Gasteiger partial charge in [-0.15, -0.1) is 0 Å². The smallest absolute Gasteiger partial charge is 0.256 e. The monoisotopic (exact) mass is 270 g/mol. The molecule has 1 aromatic carbocycles. The van der Waals surface area contributed by atoms with E-state index < -0.39 is 17.8 Å². The van der Waals surface area contributed by atoms with E-state index >= 15 is 0 Å². The SMILES string of the molecule is CC1C(=O)NCCN1C(=O)c1cccc(F)c1Cl. The Hall–Kier alpha value is -1.62. The number of halogens is 2. The van der Waals surface area contributed by atoms with Crippen LogP contribution in [-0.2, 0) is 4.79 Å². The van der Waals surface area contributed by atoms with Crippen LogP contribution in [0.2, 0.25) is 5.02 Å². The fourth-order valence-electron chi connectivity index (χ4n) is 1.88. The summed E-state index contributed by atoms with van der Waals surface area (Å²) < 4.78 is 13.3. The largest absolute Gasteiger partial charge is 0.353 e. The summed E-state index contributed by atoms with van der Waals surface area (Å²) in [6.07, 6.45) is 0. The predicted octanol–water partition coefficient (Wildman–Crippen LogP) is 1.44. The van der Waals surface area contributed by atoms with Crippen molar-refractivity contribution in [3.05, 3.63) is 34.6 Å². The lowest BCUT2D eigenvalue weighted by atomic mass is 10.1.